The second-order valence-electron chi connectivity index (χ2n) is 2.76. The van der Waals surface area contributed by atoms with Gasteiger partial charge in [-0.2, -0.15) is 0 Å². The monoisotopic (exact) mass is 177 g/mol. The normalized spacial score (nSPS) is 12.4. The number of nitrogens with zero attached hydrogens (tertiary/aromatic N) is 2. The van der Waals surface area contributed by atoms with Gasteiger partial charge in [0.05, 0.1) is 11.7 Å². The quantitative estimate of drug-likeness (QED) is 0.696. The van der Waals surface area contributed by atoms with Crippen molar-refractivity contribution in [2.75, 3.05) is 6.54 Å². The Morgan fingerprint density at radius 1 is 1.62 bits per heavy atom. The highest BCUT2D eigenvalue weighted by molar-refractivity contribution is 5.03. The zero-order valence-electron chi connectivity index (χ0n) is 7.90. The van der Waals surface area contributed by atoms with Gasteiger partial charge in [-0.3, -0.25) is 9.97 Å². The van der Waals surface area contributed by atoms with Crippen LogP contribution in [0.25, 0.3) is 0 Å². The summed E-state index contributed by atoms with van der Waals surface area (Å²) in [5, 5.41) is 3.33. The first-order valence-electron chi connectivity index (χ1n) is 4.48. The number of rotatable bonds is 5. The van der Waals surface area contributed by atoms with Gasteiger partial charge in [0.2, 0.25) is 0 Å². The summed E-state index contributed by atoms with van der Waals surface area (Å²) in [4.78, 5) is 8.28. The zero-order chi connectivity index (χ0) is 9.52. The van der Waals surface area contributed by atoms with Gasteiger partial charge in [-0.25, -0.2) is 0 Å². The van der Waals surface area contributed by atoms with Gasteiger partial charge in [-0.1, -0.05) is 13.0 Å². The molecule has 0 radical (unpaired) electrons. The lowest BCUT2D eigenvalue weighted by Gasteiger charge is -2.14. The molecule has 1 rings (SSSR count). The standard InChI is InChI=1S/C10H15N3/c1-3-5-9(12-4-2)10-8-11-6-7-13-10/h3,6-9,12H,1,4-5H2,2H3. The average Bonchev–Trinajstić information content (AvgIpc) is 2.19. The summed E-state index contributed by atoms with van der Waals surface area (Å²) in [5.41, 5.74) is 0.976. The molecule has 0 bridgehead atoms. The van der Waals surface area contributed by atoms with Gasteiger partial charge >= 0.3 is 0 Å². The fourth-order valence-electron chi connectivity index (χ4n) is 1.21. The molecule has 0 aromatic carbocycles. The van der Waals surface area contributed by atoms with Crippen molar-refractivity contribution in [2.45, 2.75) is 19.4 Å². The Hall–Kier alpha value is -1.22. The fraction of sp³-hybridized carbons (Fsp3) is 0.400. The molecule has 0 saturated heterocycles. The van der Waals surface area contributed by atoms with Gasteiger partial charge in [-0.05, 0) is 13.0 Å². The smallest absolute Gasteiger partial charge is 0.0759 e. The fourth-order valence-corrected chi connectivity index (χ4v) is 1.21. The van der Waals surface area contributed by atoms with Gasteiger partial charge in [-0.15, -0.1) is 6.58 Å². The van der Waals surface area contributed by atoms with Crippen LogP contribution in [-0.4, -0.2) is 16.5 Å². The van der Waals surface area contributed by atoms with Crippen LogP contribution in [0.4, 0.5) is 0 Å². The van der Waals surface area contributed by atoms with Crippen molar-refractivity contribution >= 4 is 0 Å². The molecular formula is C10H15N3. The number of nitrogens with one attached hydrogen (secondary N) is 1. The SMILES string of the molecule is C=CCC(NCC)c1cnccn1. The topological polar surface area (TPSA) is 37.8 Å². The molecule has 13 heavy (non-hydrogen) atoms. The largest absolute Gasteiger partial charge is 0.309 e. The molecule has 70 valence electrons. The molecular weight excluding hydrogens is 162 g/mol. The van der Waals surface area contributed by atoms with Crippen LogP contribution >= 0.6 is 0 Å². The molecule has 1 aromatic rings. The van der Waals surface area contributed by atoms with Crippen molar-refractivity contribution in [1.29, 1.82) is 0 Å². The average molecular weight is 177 g/mol. The van der Waals surface area contributed by atoms with E-state index in [-0.39, 0.29) is 6.04 Å². The van der Waals surface area contributed by atoms with Crippen LogP contribution < -0.4 is 5.32 Å². The molecule has 1 unspecified atom stereocenters. The van der Waals surface area contributed by atoms with Crippen LogP contribution in [0.2, 0.25) is 0 Å². The maximum Gasteiger partial charge on any atom is 0.0759 e. The summed E-state index contributed by atoms with van der Waals surface area (Å²) in [6, 6.07) is 0.246. The van der Waals surface area contributed by atoms with E-state index in [9.17, 15) is 0 Å². The summed E-state index contributed by atoms with van der Waals surface area (Å²) in [7, 11) is 0. The first kappa shape index (κ1) is 9.86. The molecule has 1 N–H and O–H groups in total. The van der Waals surface area contributed by atoms with E-state index in [1.54, 1.807) is 18.6 Å². The van der Waals surface area contributed by atoms with Gasteiger partial charge in [0.15, 0.2) is 0 Å². The van der Waals surface area contributed by atoms with Crippen molar-refractivity contribution in [1.82, 2.24) is 15.3 Å². The van der Waals surface area contributed by atoms with Crippen LogP contribution in [0.3, 0.4) is 0 Å². The van der Waals surface area contributed by atoms with Crippen molar-refractivity contribution in [3.8, 4) is 0 Å². The van der Waals surface area contributed by atoms with E-state index in [1.165, 1.54) is 0 Å². The van der Waals surface area contributed by atoms with Crippen LogP contribution in [0.1, 0.15) is 25.1 Å². The van der Waals surface area contributed by atoms with Crippen LogP contribution in [0.5, 0.6) is 0 Å². The molecule has 1 atom stereocenters. The molecule has 0 aliphatic carbocycles. The highest BCUT2D eigenvalue weighted by Crippen LogP contribution is 2.12. The van der Waals surface area contributed by atoms with Crippen molar-refractivity contribution in [3.05, 3.63) is 36.9 Å². The lowest BCUT2D eigenvalue weighted by Crippen LogP contribution is -2.21. The van der Waals surface area contributed by atoms with E-state index in [2.05, 4.69) is 28.8 Å². The molecule has 0 aliphatic heterocycles. The van der Waals surface area contributed by atoms with Gasteiger partial charge in [0, 0.05) is 18.6 Å². The molecule has 1 heterocycles. The van der Waals surface area contributed by atoms with Crippen LogP contribution in [0.15, 0.2) is 31.2 Å². The first-order chi connectivity index (χ1) is 6.38. The minimum absolute atomic E-state index is 0.246. The highest BCUT2D eigenvalue weighted by Gasteiger charge is 2.08. The summed E-state index contributed by atoms with van der Waals surface area (Å²) >= 11 is 0. The maximum absolute atomic E-state index is 4.24. The lowest BCUT2D eigenvalue weighted by atomic mass is 10.1. The Bertz CT molecular complexity index is 246. The van der Waals surface area contributed by atoms with Crippen LogP contribution in [0, 0.1) is 0 Å². The van der Waals surface area contributed by atoms with Gasteiger partial charge < -0.3 is 5.32 Å². The van der Waals surface area contributed by atoms with Gasteiger partial charge in [0.25, 0.3) is 0 Å². The summed E-state index contributed by atoms with van der Waals surface area (Å²) in [6.45, 7) is 6.72. The maximum atomic E-state index is 4.24. The second-order valence-corrected chi connectivity index (χ2v) is 2.76. The van der Waals surface area contributed by atoms with E-state index in [1.807, 2.05) is 6.08 Å². The summed E-state index contributed by atoms with van der Waals surface area (Å²) < 4.78 is 0. The predicted molar refractivity (Wildman–Crippen MR) is 53.3 cm³/mol. The van der Waals surface area contributed by atoms with E-state index < -0.39 is 0 Å². The lowest BCUT2D eigenvalue weighted by molar-refractivity contribution is 0.543. The van der Waals surface area contributed by atoms with E-state index in [0.717, 1.165) is 18.7 Å². The minimum atomic E-state index is 0.246. The van der Waals surface area contributed by atoms with E-state index in [0.29, 0.717) is 0 Å². The predicted octanol–water partition coefficient (Wildman–Crippen LogP) is 1.70. The third-order valence-corrected chi connectivity index (χ3v) is 1.79. The Kier molecular flexibility index (Phi) is 4.12. The van der Waals surface area contributed by atoms with Crippen molar-refractivity contribution < 1.29 is 0 Å². The Balaban J connectivity index is 2.69. The molecule has 0 aliphatic rings. The molecule has 1 aromatic heterocycles. The second kappa shape index (κ2) is 5.43. The molecule has 0 amide bonds. The molecule has 3 nitrogen and oxygen atoms in total. The summed E-state index contributed by atoms with van der Waals surface area (Å²) in [6.07, 6.45) is 7.95. The Labute approximate surface area is 78.9 Å². The number of hydrogen-bond acceptors (Lipinski definition) is 3. The third kappa shape index (κ3) is 2.95. The molecule has 0 spiro atoms. The minimum Gasteiger partial charge on any atom is -0.309 e. The van der Waals surface area contributed by atoms with Crippen molar-refractivity contribution in [3.63, 3.8) is 0 Å². The van der Waals surface area contributed by atoms with E-state index in [4.69, 9.17) is 0 Å². The molecule has 0 fully saturated rings. The molecule has 3 heteroatoms. The number of hydrogen-bond donors (Lipinski definition) is 1. The highest BCUT2D eigenvalue weighted by atomic mass is 14.9. The number of aromatic nitrogens is 2. The third-order valence-electron chi connectivity index (χ3n) is 1.79. The van der Waals surface area contributed by atoms with Crippen molar-refractivity contribution in [2.24, 2.45) is 0 Å². The first-order valence-corrected chi connectivity index (χ1v) is 4.48. The Morgan fingerprint density at radius 2 is 2.46 bits per heavy atom. The Morgan fingerprint density at radius 3 is 3.00 bits per heavy atom. The van der Waals surface area contributed by atoms with Crippen LogP contribution in [-0.2, 0) is 0 Å². The zero-order valence-corrected chi connectivity index (χ0v) is 7.90. The summed E-state index contributed by atoms with van der Waals surface area (Å²) in [5.74, 6) is 0. The molecule has 0 saturated carbocycles. The van der Waals surface area contributed by atoms with E-state index >= 15 is 0 Å². The van der Waals surface area contributed by atoms with Gasteiger partial charge in [0.1, 0.15) is 0 Å².